The highest BCUT2D eigenvalue weighted by molar-refractivity contribution is 5.79. The predicted octanol–water partition coefficient (Wildman–Crippen LogP) is 3.61. The van der Waals surface area contributed by atoms with Crippen molar-refractivity contribution >= 4 is 11.9 Å². The smallest absolute Gasteiger partial charge is 0.202 e. The molecule has 0 bridgehead atoms. The molecule has 116 valence electrons. The Bertz CT molecular complexity index is 619. The van der Waals surface area contributed by atoms with Crippen LogP contribution in [-0.4, -0.2) is 19.8 Å². The Morgan fingerprint density at radius 1 is 1.05 bits per heavy atom. The molecule has 0 fully saturated rings. The van der Waals surface area contributed by atoms with Gasteiger partial charge in [0.1, 0.15) is 6.21 Å². The molecule has 0 aliphatic rings. The summed E-state index contributed by atoms with van der Waals surface area (Å²) in [6.45, 7) is 9.79. The molecule has 0 aliphatic heterocycles. The van der Waals surface area contributed by atoms with Gasteiger partial charge < -0.3 is 4.90 Å². The van der Waals surface area contributed by atoms with Crippen LogP contribution in [-0.2, 0) is 5.41 Å². The van der Waals surface area contributed by atoms with E-state index in [0.717, 1.165) is 12.1 Å². The van der Waals surface area contributed by atoms with Crippen LogP contribution in [0.25, 0.3) is 0 Å². The Labute approximate surface area is 133 Å². The Hall–Kier alpha value is -2.16. The first-order valence-electron chi connectivity index (χ1n) is 7.77. The number of anilines is 1. The van der Waals surface area contributed by atoms with E-state index in [2.05, 4.69) is 81.1 Å². The van der Waals surface area contributed by atoms with Crippen LogP contribution >= 0.6 is 0 Å². The van der Waals surface area contributed by atoms with Gasteiger partial charge in [-0.3, -0.25) is 0 Å². The maximum atomic E-state index is 4.47. The molecule has 0 atom stereocenters. The van der Waals surface area contributed by atoms with Gasteiger partial charge in [0, 0.05) is 31.4 Å². The van der Waals surface area contributed by atoms with Crippen molar-refractivity contribution < 1.29 is 4.68 Å². The Morgan fingerprint density at radius 2 is 1.64 bits per heavy atom. The number of pyridine rings is 1. The lowest BCUT2D eigenvalue weighted by atomic mass is 9.88. The number of aromatic nitrogens is 1. The molecule has 0 saturated heterocycles. The van der Waals surface area contributed by atoms with Crippen LogP contribution in [0.3, 0.4) is 0 Å². The largest absolute Gasteiger partial charge is 0.375 e. The van der Waals surface area contributed by atoms with Crippen LogP contribution in [0.2, 0.25) is 0 Å². The lowest BCUT2D eigenvalue weighted by molar-refractivity contribution is -0.678. The third kappa shape index (κ3) is 4.17. The molecule has 0 N–H and O–H groups in total. The summed E-state index contributed by atoms with van der Waals surface area (Å²) in [6.07, 6.45) is 5.87. The third-order valence-electron chi connectivity index (χ3n) is 3.83. The molecule has 0 spiro atoms. The molecule has 3 nitrogen and oxygen atoms in total. The minimum Gasteiger partial charge on any atom is -0.375 e. The van der Waals surface area contributed by atoms with Crippen LogP contribution in [0, 0.1) is 0 Å². The molecule has 3 heteroatoms. The van der Waals surface area contributed by atoms with Crippen molar-refractivity contribution in [2.45, 2.75) is 33.1 Å². The Balaban J connectivity index is 2.08. The highest BCUT2D eigenvalue weighted by Crippen LogP contribution is 2.20. The van der Waals surface area contributed by atoms with Crippen molar-refractivity contribution in [1.29, 1.82) is 0 Å². The zero-order chi connectivity index (χ0) is 16.2. The summed E-state index contributed by atoms with van der Waals surface area (Å²) < 4.78 is 1.83. The standard InChI is InChI=1S/C19H26N3/c1-6-21(5)18-9-7-16(8-10-18)15-20-22-13-11-17(12-14-22)19(2,3)4/h7-15H,6H2,1-5H3/q+1/b20-15+. The summed E-state index contributed by atoms with van der Waals surface area (Å²) >= 11 is 0. The molecule has 0 aliphatic carbocycles. The summed E-state index contributed by atoms with van der Waals surface area (Å²) in [7, 11) is 2.09. The van der Waals surface area contributed by atoms with Gasteiger partial charge in [0.25, 0.3) is 0 Å². The number of rotatable bonds is 4. The highest BCUT2D eigenvalue weighted by Gasteiger charge is 2.14. The minimum absolute atomic E-state index is 0.171. The fraction of sp³-hybridized carbons (Fsp3) is 0.368. The molecule has 0 radical (unpaired) electrons. The highest BCUT2D eigenvalue weighted by atomic mass is 15.3. The summed E-state index contributed by atoms with van der Waals surface area (Å²) in [5, 5.41) is 4.47. The summed E-state index contributed by atoms with van der Waals surface area (Å²) in [4.78, 5) is 2.21. The lowest BCUT2D eigenvalue weighted by Gasteiger charge is -2.17. The lowest BCUT2D eigenvalue weighted by Crippen LogP contribution is -2.27. The molecule has 2 rings (SSSR count). The molecule has 0 unspecified atom stereocenters. The van der Waals surface area contributed by atoms with Gasteiger partial charge >= 0.3 is 0 Å². The SMILES string of the molecule is CCN(C)c1ccc(/C=N/[n+]2ccc(C(C)(C)C)cc2)cc1. The monoisotopic (exact) mass is 296 g/mol. The van der Waals surface area contributed by atoms with E-state index in [1.165, 1.54) is 11.3 Å². The van der Waals surface area contributed by atoms with E-state index in [9.17, 15) is 0 Å². The fourth-order valence-corrected chi connectivity index (χ4v) is 2.13. The number of hydrogen-bond donors (Lipinski definition) is 0. The van der Waals surface area contributed by atoms with Gasteiger partial charge in [-0.2, -0.15) is 0 Å². The van der Waals surface area contributed by atoms with E-state index < -0.39 is 0 Å². The first kappa shape index (κ1) is 16.2. The van der Waals surface area contributed by atoms with Crippen molar-refractivity contribution in [3.8, 4) is 0 Å². The summed E-state index contributed by atoms with van der Waals surface area (Å²) in [5.74, 6) is 0. The quantitative estimate of drug-likeness (QED) is 0.623. The van der Waals surface area contributed by atoms with Gasteiger partial charge in [-0.1, -0.05) is 37.6 Å². The molecule has 0 saturated carbocycles. The first-order valence-corrected chi connectivity index (χ1v) is 7.77. The Kier molecular flexibility index (Phi) is 4.96. The molecule has 2 aromatic rings. The zero-order valence-corrected chi connectivity index (χ0v) is 14.2. The van der Waals surface area contributed by atoms with Gasteiger partial charge in [0.15, 0.2) is 0 Å². The van der Waals surface area contributed by atoms with Crippen LogP contribution in [0.4, 0.5) is 5.69 Å². The van der Waals surface area contributed by atoms with Crippen LogP contribution < -0.4 is 9.58 Å². The van der Waals surface area contributed by atoms with Crippen molar-refractivity contribution in [2.75, 3.05) is 18.5 Å². The van der Waals surface area contributed by atoms with E-state index in [0.29, 0.717) is 0 Å². The molecular weight excluding hydrogens is 270 g/mol. The number of nitrogens with zero attached hydrogens (tertiary/aromatic N) is 3. The first-order chi connectivity index (χ1) is 10.4. The number of benzene rings is 1. The zero-order valence-electron chi connectivity index (χ0n) is 14.2. The summed E-state index contributed by atoms with van der Waals surface area (Å²) in [5.41, 5.74) is 3.80. The van der Waals surface area contributed by atoms with Gasteiger partial charge in [-0.05, 0) is 40.7 Å². The molecule has 1 heterocycles. The van der Waals surface area contributed by atoms with Gasteiger partial charge in [0.05, 0.1) is 0 Å². The van der Waals surface area contributed by atoms with Crippen molar-refractivity contribution in [1.82, 2.24) is 0 Å². The molecule has 22 heavy (non-hydrogen) atoms. The van der Waals surface area contributed by atoms with E-state index >= 15 is 0 Å². The second-order valence-corrected chi connectivity index (χ2v) is 6.57. The molecule has 1 aromatic heterocycles. The van der Waals surface area contributed by atoms with Crippen molar-refractivity contribution in [2.24, 2.45) is 5.10 Å². The fourth-order valence-electron chi connectivity index (χ4n) is 2.13. The predicted molar refractivity (Wildman–Crippen MR) is 93.7 cm³/mol. The molecule has 1 aromatic carbocycles. The van der Waals surface area contributed by atoms with Gasteiger partial charge in [0.2, 0.25) is 12.4 Å². The van der Waals surface area contributed by atoms with E-state index in [4.69, 9.17) is 0 Å². The normalized spacial score (nSPS) is 11.9. The minimum atomic E-state index is 0.171. The molecule has 0 amide bonds. The van der Waals surface area contributed by atoms with Crippen LogP contribution in [0.1, 0.15) is 38.8 Å². The Morgan fingerprint density at radius 3 is 2.14 bits per heavy atom. The molecular formula is C19H26N3+. The maximum absolute atomic E-state index is 4.47. The van der Waals surface area contributed by atoms with Gasteiger partial charge in [-0.15, -0.1) is 0 Å². The second-order valence-electron chi connectivity index (χ2n) is 6.57. The maximum Gasteiger partial charge on any atom is 0.202 e. The average Bonchev–Trinajstić information content (AvgIpc) is 2.52. The van der Waals surface area contributed by atoms with E-state index in [1.54, 1.807) is 0 Å². The van der Waals surface area contributed by atoms with E-state index in [1.807, 2.05) is 23.3 Å². The average molecular weight is 296 g/mol. The van der Waals surface area contributed by atoms with Crippen LogP contribution in [0.5, 0.6) is 0 Å². The topological polar surface area (TPSA) is 19.5 Å². The van der Waals surface area contributed by atoms with Crippen molar-refractivity contribution in [3.63, 3.8) is 0 Å². The number of hydrogen-bond acceptors (Lipinski definition) is 2. The summed E-state index contributed by atoms with van der Waals surface area (Å²) in [6, 6.07) is 12.7. The van der Waals surface area contributed by atoms with E-state index in [-0.39, 0.29) is 5.41 Å². The third-order valence-corrected chi connectivity index (χ3v) is 3.83. The second kappa shape index (κ2) is 6.73. The van der Waals surface area contributed by atoms with Gasteiger partial charge in [-0.25, -0.2) is 0 Å². The van der Waals surface area contributed by atoms with Crippen molar-refractivity contribution in [3.05, 3.63) is 59.9 Å². The van der Waals surface area contributed by atoms with Crippen LogP contribution in [0.15, 0.2) is 53.9 Å².